The van der Waals surface area contributed by atoms with Gasteiger partial charge in [-0.3, -0.25) is 14.9 Å². The first-order valence-electron chi connectivity index (χ1n) is 5.24. The highest BCUT2D eigenvalue weighted by Crippen LogP contribution is 2.27. The van der Waals surface area contributed by atoms with E-state index >= 15 is 0 Å². The molecule has 0 saturated carbocycles. The van der Waals surface area contributed by atoms with Crippen molar-refractivity contribution in [2.75, 3.05) is 26.4 Å². The van der Waals surface area contributed by atoms with Gasteiger partial charge < -0.3 is 14.6 Å². The number of hydrogen-bond acceptors (Lipinski definition) is 6. The Labute approximate surface area is 103 Å². The van der Waals surface area contributed by atoms with Crippen molar-refractivity contribution in [2.24, 2.45) is 0 Å². The number of aldehydes is 1. The fourth-order valence-electron chi connectivity index (χ4n) is 1.25. The monoisotopic (exact) mass is 255 g/mol. The number of carbonyl (C=O) groups excluding carboxylic acids is 1. The van der Waals surface area contributed by atoms with Crippen LogP contribution in [0.15, 0.2) is 18.2 Å². The Bertz CT molecular complexity index is 420. The molecule has 98 valence electrons. The number of aliphatic hydroxyl groups excluding tert-OH is 1. The van der Waals surface area contributed by atoms with Crippen LogP contribution in [0.4, 0.5) is 5.69 Å². The average molecular weight is 255 g/mol. The second-order valence-electron chi connectivity index (χ2n) is 3.29. The van der Waals surface area contributed by atoms with Crippen molar-refractivity contribution in [3.8, 4) is 5.75 Å². The van der Waals surface area contributed by atoms with Crippen LogP contribution < -0.4 is 4.74 Å². The summed E-state index contributed by atoms with van der Waals surface area (Å²) < 4.78 is 10.1. The summed E-state index contributed by atoms with van der Waals surface area (Å²) in [6.07, 6.45) is 0.529. The molecule has 0 spiro atoms. The Morgan fingerprint density at radius 2 is 2.11 bits per heavy atom. The van der Waals surface area contributed by atoms with Crippen LogP contribution in [0.3, 0.4) is 0 Å². The molecule has 0 aliphatic heterocycles. The first-order valence-corrected chi connectivity index (χ1v) is 5.24. The maximum absolute atomic E-state index is 10.8. The molecule has 7 heteroatoms. The average Bonchev–Trinajstić information content (AvgIpc) is 2.38. The van der Waals surface area contributed by atoms with Gasteiger partial charge in [0.15, 0.2) is 5.75 Å². The maximum Gasteiger partial charge on any atom is 0.311 e. The Balaban J connectivity index is 2.64. The van der Waals surface area contributed by atoms with E-state index in [-0.39, 0.29) is 43.4 Å². The summed E-state index contributed by atoms with van der Waals surface area (Å²) in [5, 5.41) is 19.2. The van der Waals surface area contributed by atoms with Gasteiger partial charge in [0.1, 0.15) is 12.9 Å². The molecule has 0 aliphatic rings. The van der Waals surface area contributed by atoms with E-state index < -0.39 is 4.92 Å². The number of nitrogens with zero attached hydrogens (tertiary/aromatic N) is 1. The molecule has 1 N–H and O–H groups in total. The van der Waals surface area contributed by atoms with E-state index in [1.165, 1.54) is 12.1 Å². The van der Waals surface area contributed by atoms with Crippen LogP contribution in [-0.4, -0.2) is 42.7 Å². The molecule has 7 nitrogen and oxygen atoms in total. The molecule has 0 radical (unpaired) electrons. The smallest absolute Gasteiger partial charge is 0.311 e. The third-order valence-corrected chi connectivity index (χ3v) is 2.04. The van der Waals surface area contributed by atoms with Crippen molar-refractivity contribution in [3.05, 3.63) is 33.9 Å². The van der Waals surface area contributed by atoms with Crippen LogP contribution >= 0.6 is 0 Å². The molecule has 0 saturated heterocycles. The number of benzene rings is 1. The Morgan fingerprint density at radius 1 is 1.33 bits per heavy atom. The van der Waals surface area contributed by atoms with E-state index in [9.17, 15) is 14.9 Å². The van der Waals surface area contributed by atoms with Crippen LogP contribution in [0.2, 0.25) is 0 Å². The van der Waals surface area contributed by atoms with Crippen LogP contribution in [0, 0.1) is 10.1 Å². The summed E-state index contributed by atoms with van der Waals surface area (Å²) >= 11 is 0. The van der Waals surface area contributed by atoms with Gasteiger partial charge in [-0.1, -0.05) is 0 Å². The molecule has 0 aromatic heterocycles. The predicted molar refractivity (Wildman–Crippen MR) is 61.9 cm³/mol. The number of aliphatic hydroxyl groups is 1. The summed E-state index contributed by atoms with van der Waals surface area (Å²) in [5.74, 6) is 0.0817. The summed E-state index contributed by atoms with van der Waals surface area (Å²) in [4.78, 5) is 20.7. The summed E-state index contributed by atoms with van der Waals surface area (Å²) in [7, 11) is 0. The second-order valence-corrected chi connectivity index (χ2v) is 3.29. The van der Waals surface area contributed by atoms with E-state index in [2.05, 4.69) is 0 Å². The summed E-state index contributed by atoms with van der Waals surface area (Å²) in [5.41, 5.74) is -0.0488. The van der Waals surface area contributed by atoms with Gasteiger partial charge in [0.25, 0.3) is 0 Å². The minimum atomic E-state index is -0.614. The third-order valence-electron chi connectivity index (χ3n) is 2.04. The topological polar surface area (TPSA) is 98.9 Å². The number of nitro groups is 1. The quantitative estimate of drug-likeness (QED) is 0.319. The zero-order valence-corrected chi connectivity index (χ0v) is 9.57. The molecule has 18 heavy (non-hydrogen) atoms. The van der Waals surface area contributed by atoms with E-state index in [1.54, 1.807) is 0 Å². The van der Waals surface area contributed by atoms with E-state index in [0.29, 0.717) is 6.29 Å². The number of ether oxygens (including phenoxy) is 2. The van der Waals surface area contributed by atoms with Crippen molar-refractivity contribution in [1.82, 2.24) is 0 Å². The van der Waals surface area contributed by atoms with Gasteiger partial charge >= 0.3 is 5.69 Å². The van der Waals surface area contributed by atoms with Gasteiger partial charge in [0.05, 0.1) is 24.7 Å². The Kier molecular flexibility index (Phi) is 5.75. The van der Waals surface area contributed by atoms with E-state index in [1.807, 2.05) is 0 Å². The normalized spacial score (nSPS) is 10.1. The highest BCUT2D eigenvalue weighted by atomic mass is 16.6. The van der Waals surface area contributed by atoms with Crippen LogP contribution in [0.1, 0.15) is 10.4 Å². The number of nitro benzene ring substituents is 1. The second kappa shape index (κ2) is 7.36. The van der Waals surface area contributed by atoms with E-state index in [0.717, 1.165) is 6.07 Å². The molecule has 0 aliphatic carbocycles. The number of rotatable bonds is 8. The Morgan fingerprint density at radius 3 is 2.72 bits per heavy atom. The minimum absolute atomic E-state index is 0.0817. The zero-order chi connectivity index (χ0) is 13.4. The molecular weight excluding hydrogens is 242 g/mol. The molecule has 1 aromatic carbocycles. The molecule has 1 rings (SSSR count). The molecule has 1 aromatic rings. The van der Waals surface area contributed by atoms with Crippen LogP contribution in [0.5, 0.6) is 5.75 Å². The molecule has 0 fully saturated rings. The lowest BCUT2D eigenvalue weighted by Gasteiger charge is -2.07. The first-order chi connectivity index (χ1) is 8.69. The van der Waals surface area contributed by atoms with Crippen LogP contribution in [0.25, 0.3) is 0 Å². The molecule has 0 bridgehead atoms. The van der Waals surface area contributed by atoms with Crippen molar-refractivity contribution >= 4 is 12.0 Å². The highest BCUT2D eigenvalue weighted by Gasteiger charge is 2.15. The lowest BCUT2D eigenvalue weighted by Crippen LogP contribution is -2.10. The molecular formula is C11H13NO6. The molecule has 0 unspecified atom stereocenters. The molecule has 0 heterocycles. The third kappa shape index (κ3) is 4.11. The van der Waals surface area contributed by atoms with Crippen molar-refractivity contribution in [1.29, 1.82) is 0 Å². The number of hydrogen-bond donors (Lipinski definition) is 1. The Hall–Kier alpha value is -1.99. The van der Waals surface area contributed by atoms with Gasteiger partial charge in [0, 0.05) is 11.6 Å². The fourth-order valence-corrected chi connectivity index (χ4v) is 1.25. The minimum Gasteiger partial charge on any atom is -0.484 e. The summed E-state index contributed by atoms with van der Waals surface area (Å²) in [6, 6.07) is 3.95. The maximum atomic E-state index is 10.8. The van der Waals surface area contributed by atoms with Crippen molar-refractivity contribution in [3.63, 3.8) is 0 Å². The van der Waals surface area contributed by atoms with Gasteiger partial charge in [-0.2, -0.15) is 0 Å². The highest BCUT2D eigenvalue weighted by molar-refractivity contribution is 5.77. The molecule has 0 amide bonds. The van der Waals surface area contributed by atoms with Gasteiger partial charge in [-0.25, -0.2) is 0 Å². The van der Waals surface area contributed by atoms with Gasteiger partial charge in [-0.15, -0.1) is 0 Å². The van der Waals surface area contributed by atoms with Gasteiger partial charge in [-0.05, 0) is 12.1 Å². The van der Waals surface area contributed by atoms with Gasteiger partial charge in [0.2, 0.25) is 0 Å². The lowest BCUT2D eigenvalue weighted by atomic mass is 10.2. The standard InChI is InChI=1S/C11H13NO6/c13-3-4-17-5-6-18-11-2-1-9(8-14)7-10(11)12(15)16/h1-2,7-8,13H,3-6H2. The zero-order valence-electron chi connectivity index (χ0n) is 9.57. The largest absolute Gasteiger partial charge is 0.484 e. The van der Waals surface area contributed by atoms with Crippen LogP contribution in [-0.2, 0) is 4.74 Å². The SMILES string of the molecule is O=Cc1ccc(OCCOCCO)c([N+](=O)[O-])c1. The predicted octanol–water partition coefficient (Wildman–Crippen LogP) is 0.795. The lowest BCUT2D eigenvalue weighted by molar-refractivity contribution is -0.385. The van der Waals surface area contributed by atoms with Crippen molar-refractivity contribution < 1.29 is 24.3 Å². The molecule has 0 atom stereocenters. The number of carbonyl (C=O) groups is 1. The van der Waals surface area contributed by atoms with E-state index in [4.69, 9.17) is 14.6 Å². The first kappa shape index (κ1) is 14.1. The van der Waals surface area contributed by atoms with Crippen molar-refractivity contribution in [2.45, 2.75) is 0 Å². The fraction of sp³-hybridized carbons (Fsp3) is 0.364. The summed E-state index contributed by atoms with van der Waals surface area (Å²) in [6.45, 7) is 0.443.